The van der Waals surface area contributed by atoms with Gasteiger partial charge in [-0.15, -0.1) is 0 Å². The van der Waals surface area contributed by atoms with Crippen molar-refractivity contribution >= 4 is 11.6 Å². The smallest absolute Gasteiger partial charge is 0.131 e. The van der Waals surface area contributed by atoms with Crippen LogP contribution in [0.4, 0.5) is 4.39 Å². The first kappa shape index (κ1) is 13.1. The second-order valence-electron chi connectivity index (χ2n) is 4.18. The molecule has 1 nitrogen and oxygen atoms in total. The Morgan fingerprint density at radius 3 is 2.33 bits per heavy atom. The Morgan fingerprint density at radius 1 is 1.11 bits per heavy atom. The second kappa shape index (κ2) is 5.09. The maximum absolute atomic E-state index is 14.0. The van der Waals surface area contributed by atoms with Crippen LogP contribution in [0, 0.1) is 5.82 Å². The van der Waals surface area contributed by atoms with E-state index in [2.05, 4.69) is 0 Å². The summed E-state index contributed by atoms with van der Waals surface area (Å²) in [4.78, 5) is 0. The van der Waals surface area contributed by atoms with Gasteiger partial charge in [0.1, 0.15) is 11.4 Å². The van der Waals surface area contributed by atoms with Gasteiger partial charge in [-0.25, -0.2) is 4.39 Å². The van der Waals surface area contributed by atoms with Crippen molar-refractivity contribution in [3.05, 3.63) is 70.5 Å². The third kappa shape index (κ3) is 2.14. The van der Waals surface area contributed by atoms with E-state index in [1.165, 1.54) is 12.1 Å². The van der Waals surface area contributed by atoms with Gasteiger partial charge in [-0.05, 0) is 24.1 Å². The molecular weight excluding hydrogens is 251 g/mol. The molecule has 0 amide bonds. The fourth-order valence-electron chi connectivity index (χ4n) is 2.13. The molecule has 0 aliphatic carbocycles. The molecule has 0 spiro atoms. The predicted molar refractivity (Wildman–Crippen MR) is 71.1 cm³/mol. The van der Waals surface area contributed by atoms with E-state index in [-0.39, 0.29) is 10.6 Å². The lowest BCUT2D eigenvalue weighted by molar-refractivity contribution is 0.0727. The Morgan fingerprint density at radius 2 is 1.78 bits per heavy atom. The van der Waals surface area contributed by atoms with Crippen LogP contribution in [0.1, 0.15) is 24.5 Å². The summed E-state index contributed by atoms with van der Waals surface area (Å²) >= 11 is 6.04. The number of hydrogen-bond acceptors (Lipinski definition) is 1. The van der Waals surface area contributed by atoms with Gasteiger partial charge in [0.25, 0.3) is 0 Å². The van der Waals surface area contributed by atoms with Gasteiger partial charge in [-0.1, -0.05) is 54.9 Å². The van der Waals surface area contributed by atoms with E-state index >= 15 is 0 Å². The standard InChI is InChI=1S/C15H14ClFO/c1-2-15(18,11-7-4-3-5-8-11)14-12(16)9-6-10-13(14)17/h3-10,18H,2H2,1H3. The van der Waals surface area contributed by atoms with Crippen LogP contribution in [0.15, 0.2) is 48.5 Å². The minimum Gasteiger partial charge on any atom is -0.380 e. The highest BCUT2D eigenvalue weighted by molar-refractivity contribution is 6.31. The number of benzene rings is 2. The van der Waals surface area contributed by atoms with E-state index in [1.807, 2.05) is 18.2 Å². The second-order valence-corrected chi connectivity index (χ2v) is 4.58. The third-order valence-electron chi connectivity index (χ3n) is 3.14. The van der Waals surface area contributed by atoms with Crippen LogP contribution in [0.2, 0.25) is 5.02 Å². The highest BCUT2D eigenvalue weighted by Gasteiger charge is 2.34. The monoisotopic (exact) mass is 264 g/mol. The Hall–Kier alpha value is -1.38. The summed E-state index contributed by atoms with van der Waals surface area (Å²) in [5.41, 5.74) is -0.621. The Kier molecular flexibility index (Phi) is 3.69. The number of hydrogen-bond donors (Lipinski definition) is 1. The van der Waals surface area contributed by atoms with Gasteiger partial charge in [-0.3, -0.25) is 0 Å². The van der Waals surface area contributed by atoms with Gasteiger partial charge >= 0.3 is 0 Å². The quantitative estimate of drug-likeness (QED) is 0.884. The lowest BCUT2D eigenvalue weighted by Gasteiger charge is -2.29. The Balaban J connectivity index is 2.65. The van der Waals surface area contributed by atoms with Gasteiger partial charge in [0, 0.05) is 10.6 Å². The number of rotatable bonds is 3. The van der Waals surface area contributed by atoms with Crippen LogP contribution in [0.5, 0.6) is 0 Å². The largest absolute Gasteiger partial charge is 0.380 e. The zero-order valence-corrected chi connectivity index (χ0v) is 10.8. The lowest BCUT2D eigenvalue weighted by atomic mass is 9.84. The molecule has 3 heteroatoms. The summed E-state index contributed by atoms with van der Waals surface area (Å²) in [5, 5.41) is 11.0. The highest BCUT2D eigenvalue weighted by atomic mass is 35.5. The van der Waals surface area contributed by atoms with Crippen LogP contribution in [0.3, 0.4) is 0 Å². The molecule has 0 aliphatic heterocycles. The average Bonchev–Trinajstić information content (AvgIpc) is 2.39. The fraction of sp³-hybridized carbons (Fsp3) is 0.200. The molecule has 0 saturated heterocycles. The zero-order chi connectivity index (χ0) is 13.2. The van der Waals surface area contributed by atoms with Crippen molar-refractivity contribution in [3.8, 4) is 0 Å². The van der Waals surface area contributed by atoms with Crippen LogP contribution < -0.4 is 0 Å². The van der Waals surface area contributed by atoms with E-state index in [9.17, 15) is 9.50 Å². The molecule has 2 aromatic rings. The third-order valence-corrected chi connectivity index (χ3v) is 3.45. The number of halogens is 2. The first-order chi connectivity index (χ1) is 8.59. The van der Waals surface area contributed by atoms with Crippen molar-refractivity contribution in [2.24, 2.45) is 0 Å². The molecule has 0 bridgehead atoms. The number of aliphatic hydroxyl groups is 1. The van der Waals surface area contributed by atoms with Gasteiger partial charge < -0.3 is 5.11 Å². The molecule has 1 atom stereocenters. The van der Waals surface area contributed by atoms with Crippen molar-refractivity contribution in [1.82, 2.24) is 0 Å². The van der Waals surface area contributed by atoms with E-state index < -0.39 is 11.4 Å². The Bertz CT molecular complexity index is 521. The van der Waals surface area contributed by atoms with E-state index in [0.717, 1.165) is 0 Å². The van der Waals surface area contributed by atoms with Crippen molar-refractivity contribution in [2.75, 3.05) is 0 Å². The minimum absolute atomic E-state index is 0.139. The molecule has 0 heterocycles. The van der Waals surface area contributed by atoms with E-state index in [0.29, 0.717) is 12.0 Å². The molecule has 1 N–H and O–H groups in total. The topological polar surface area (TPSA) is 20.2 Å². The summed E-state index contributed by atoms with van der Waals surface area (Å²) in [7, 11) is 0. The summed E-state index contributed by atoms with van der Waals surface area (Å²) in [6, 6.07) is 13.4. The molecular formula is C15H14ClFO. The highest BCUT2D eigenvalue weighted by Crippen LogP contribution is 2.38. The molecule has 2 aromatic carbocycles. The Labute approximate surface area is 111 Å². The van der Waals surface area contributed by atoms with Crippen molar-refractivity contribution < 1.29 is 9.50 Å². The maximum Gasteiger partial charge on any atom is 0.131 e. The molecule has 2 rings (SSSR count). The summed E-state index contributed by atoms with van der Waals surface area (Å²) in [6.07, 6.45) is 0.345. The molecule has 18 heavy (non-hydrogen) atoms. The van der Waals surface area contributed by atoms with Gasteiger partial charge in [0.2, 0.25) is 0 Å². The maximum atomic E-state index is 14.0. The van der Waals surface area contributed by atoms with Crippen LogP contribution in [-0.2, 0) is 5.60 Å². The summed E-state index contributed by atoms with van der Waals surface area (Å²) in [5.74, 6) is -0.490. The normalized spacial score (nSPS) is 14.2. The zero-order valence-electron chi connectivity index (χ0n) is 10.0. The van der Waals surface area contributed by atoms with Crippen molar-refractivity contribution in [2.45, 2.75) is 18.9 Å². The molecule has 0 radical (unpaired) electrons. The summed E-state index contributed by atoms with van der Waals surface area (Å²) in [6.45, 7) is 1.80. The van der Waals surface area contributed by atoms with E-state index in [4.69, 9.17) is 11.6 Å². The summed E-state index contributed by atoms with van der Waals surface area (Å²) < 4.78 is 14.0. The molecule has 94 valence electrons. The molecule has 1 unspecified atom stereocenters. The van der Waals surface area contributed by atoms with Crippen LogP contribution in [-0.4, -0.2) is 5.11 Å². The first-order valence-corrected chi connectivity index (χ1v) is 6.19. The average molecular weight is 265 g/mol. The fourth-order valence-corrected chi connectivity index (χ4v) is 2.45. The minimum atomic E-state index is -1.40. The molecule has 0 fully saturated rings. The van der Waals surface area contributed by atoms with Gasteiger partial charge in [0.15, 0.2) is 0 Å². The van der Waals surface area contributed by atoms with Crippen LogP contribution >= 0.6 is 11.6 Å². The molecule has 0 aliphatic rings. The SMILES string of the molecule is CCC(O)(c1ccccc1)c1c(F)cccc1Cl. The van der Waals surface area contributed by atoms with Gasteiger partial charge in [-0.2, -0.15) is 0 Å². The molecule has 0 saturated carbocycles. The van der Waals surface area contributed by atoms with E-state index in [1.54, 1.807) is 25.1 Å². The first-order valence-electron chi connectivity index (χ1n) is 5.82. The van der Waals surface area contributed by atoms with Crippen LogP contribution in [0.25, 0.3) is 0 Å². The van der Waals surface area contributed by atoms with Crippen molar-refractivity contribution in [1.29, 1.82) is 0 Å². The van der Waals surface area contributed by atoms with Gasteiger partial charge in [0.05, 0.1) is 0 Å². The van der Waals surface area contributed by atoms with Crippen molar-refractivity contribution in [3.63, 3.8) is 0 Å². The molecule has 0 aromatic heterocycles. The lowest BCUT2D eigenvalue weighted by Crippen LogP contribution is -2.28. The predicted octanol–water partition coefficient (Wildman–Crippen LogP) is 4.13.